The number of carboxylic acids is 1. The Kier molecular flexibility index (Phi) is 8.86. The third kappa shape index (κ3) is 6.62. The molecule has 198 valence electrons. The molecule has 0 saturated carbocycles. The Balaban J connectivity index is 0.000000194. The molecule has 8 heteroatoms. The summed E-state index contributed by atoms with van der Waals surface area (Å²) in [7, 11) is 0. The van der Waals surface area contributed by atoms with Gasteiger partial charge in [0.2, 0.25) is 11.8 Å². The fourth-order valence-corrected chi connectivity index (χ4v) is 6.32. The van der Waals surface area contributed by atoms with Crippen molar-refractivity contribution >= 4 is 29.5 Å². The van der Waals surface area contributed by atoms with E-state index in [2.05, 4.69) is 59.2 Å². The Bertz CT molecular complexity index is 1200. The van der Waals surface area contributed by atoms with Crippen molar-refractivity contribution in [2.24, 2.45) is 0 Å². The van der Waals surface area contributed by atoms with Gasteiger partial charge in [-0.3, -0.25) is 9.59 Å². The topological polar surface area (TPSA) is 98.7 Å². The first kappa shape index (κ1) is 27.4. The van der Waals surface area contributed by atoms with Gasteiger partial charge in [0.25, 0.3) is 0 Å². The first-order chi connectivity index (χ1) is 18.3. The largest absolute Gasteiger partial charge is 0.480 e. The predicted molar refractivity (Wildman–Crippen MR) is 149 cm³/mol. The zero-order valence-electron chi connectivity index (χ0n) is 21.5. The van der Waals surface area contributed by atoms with Crippen LogP contribution in [0.5, 0.6) is 0 Å². The number of hydrogen-bond acceptors (Lipinski definition) is 5. The number of hydrogen-bond donors (Lipinski definition) is 3. The van der Waals surface area contributed by atoms with E-state index in [-0.39, 0.29) is 23.6 Å². The lowest BCUT2D eigenvalue weighted by molar-refractivity contribution is -0.161. The van der Waals surface area contributed by atoms with Crippen molar-refractivity contribution in [2.75, 3.05) is 0 Å². The van der Waals surface area contributed by atoms with E-state index in [0.29, 0.717) is 0 Å². The second-order valence-corrected chi connectivity index (χ2v) is 11.7. The zero-order valence-corrected chi connectivity index (χ0v) is 22.4. The number of amides is 2. The molecule has 5 rings (SSSR count). The number of aliphatic carboxylic acids is 1. The number of carbonyl (C=O) groups is 3. The van der Waals surface area contributed by atoms with Crippen molar-refractivity contribution in [1.29, 1.82) is 0 Å². The average Bonchev–Trinajstić information content (AvgIpc) is 3.17. The Morgan fingerprint density at radius 3 is 1.79 bits per heavy atom. The van der Waals surface area contributed by atoms with Crippen LogP contribution >= 0.6 is 11.8 Å². The lowest BCUT2D eigenvalue weighted by atomic mass is 9.96. The number of carbonyl (C=O) groups excluding carboxylic acids is 2. The van der Waals surface area contributed by atoms with E-state index in [1.807, 2.05) is 56.3 Å². The van der Waals surface area contributed by atoms with Gasteiger partial charge in [0.1, 0.15) is 17.5 Å². The molecule has 0 radical (unpaired) electrons. The maximum Gasteiger partial charge on any atom is 0.327 e. The molecule has 3 unspecified atom stereocenters. The number of fused-ring (bicyclic) bond motifs is 1. The minimum Gasteiger partial charge on any atom is -0.480 e. The predicted octanol–water partition coefficient (Wildman–Crippen LogP) is 3.84. The van der Waals surface area contributed by atoms with Gasteiger partial charge in [-0.25, -0.2) is 4.79 Å². The maximum absolute atomic E-state index is 12.3. The highest BCUT2D eigenvalue weighted by atomic mass is 32.2. The first-order valence-electron chi connectivity index (χ1n) is 12.6. The number of thioether (sulfide) groups is 1. The van der Waals surface area contributed by atoms with E-state index in [1.165, 1.54) is 27.8 Å². The fraction of sp³-hybridized carbons (Fsp3) is 0.300. The number of nitrogens with zero attached hydrogens (tertiary/aromatic N) is 1. The quantitative estimate of drug-likeness (QED) is 0.382. The Morgan fingerprint density at radius 1 is 0.842 bits per heavy atom. The van der Waals surface area contributed by atoms with E-state index < -0.39 is 22.8 Å². The van der Waals surface area contributed by atoms with Crippen LogP contribution < -0.4 is 10.6 Å². The minimum atomic E-state index is -1.01. The summed E-state index contributed by atoms with van der Waals surface area (Å²) in [5.74, 6) is -1.55. The molecule has 0 bridgehead atoms. The molecule has 3 aromatic rings. The molecule has 2 heterocycles. The van der Waals surface area contributed by atoms with Crippen molar-refractivity contribution in [3.05, 3.63) is 108 Å². The normalized spacial score (nSPS) is 20.9. The summed E-state index contributed by atoms with van der Waals surface area (Å²) >= 11 is 1.42. The van der Waals surface area contributed by atoms with Crippen LogP contribution in [0.15, 0.2) is 91.0 Å². The van der Waals surface area contributed by atoms with E-state index in [0.717, 1.165) is 18.7 Å². The lowest BCUT2D eigenvalue weighted by Crippen LogP contribution is -2.70. The average molecular weight is 532 g/mol. The van der Waals surface area contributed by atoms with Crippen LogP contribution in [0.3, 0.4) is 0 Å². The summed E-state index contributed by atoms with van der Waals surface area (Å²) in [6, 6.07) is 28.7. The van der Waals surface area contributed by atoms with E-state index >= 15 is 0 Å². The van der Waals surface area contributed by atoms with Gasteiger partial charge in [-0.15, -0.1) is 11.8 Å². The molecule has 2 fully saturated rings. The summed E-state index contributed by atoms with van der Waals surface area (Å²) in [5.41, 5.74) is 3.53. The SMILES string of the molecule is CC1(C)SC2C(NC(=O)Cc3ccccc3)C(=O)N2C1C(=O)O.c1ccc(CNCc2ccccc2)cc1. The summed E-state index contributed by atoms with van der Waals surface area (Å²) in [4.78, 5) is 37.2. The van der Waals surface area contributed by atoms with Gasteiger partial charge in [-0.05, 0) is 30.5 Å². The number of nitrogens with one attached hydrogen (secondary N) is 2. The van der Waals surface area contributed by atoms with Crippen LogP contribution in [-0.2, 0) is 33.9 Å². The second kappa shape index (κ2) is 12.3. The van der Waals surface area contributed by atoms with Gasteiger partial charge >= 0.3 is 5.97 Å². The summed E-state index contributed by atoms with van der Waals surface area (Å²) in [5, 5.41) is 15.2. The fourth-order valence-electron chi connectivity index (χ4n) is 4.69. The molecular weight excluding hydrogens is 498 g/mol. The van der Waals surface area contributed by atoms with Crippen molar-refractivity contribution in [3.8, 4) is 0 Å². The van der Waals surface area contributed by atoms with Crippen molar-refractivity contribution < 1.29 is 19.5 Å². The molecule has 2 amide bonds. The Morgan fingerprint density at radius 2 is 1.32 bits per heavy atom. The molecule has 0 aromatic heterocycles. The van der Waals surface area contributed by atoms with Crippen molar-refractivity contribution in [2.45, 2.75) is 55.6 Å². The van der Waals surface area contributed by atoms with Crippen LogP contribution in [0.2, 0.25) is 0 Å². The summed E-state index contributed by atoms with van der Waals surface area (Å²) in [6.45, 7) is 5.47. The minimum absolute atomic E-state index is 0.202. The van der Waals surface area contributed by atoms with Crippen LogP contribution in [0.1, 0.15) is 30.5 Å². The monoisotopic (exact) mass is 531 g/mol. The molecule has 2 saturated heterocycles. The summed E-state index contributed by atoms with van der Waals surface area (Å²) < 4.78 is -0.578. The Labute approximate surface area is 227 Å². The van der Waals surface area contributed by atoms with Crippen molar-refractivity contribution in [3.63, 3.8) is 0 Å². The van der Waals surface area contributed by atoms with Gasteiger partial charge in [0.05, 0.1) is 6.42 Å². The maximum atomic E-state index is 12.3. The number of rotatable bonds is 8. The molecule has 0 aliphatic carbocycles. The van der Waals surface area contributed by atoms with Crippen LogP contribution in [-0.4, -0.2) is 50.0 Å². The third-order valence-corrected chi connectivity index (χ3v) is 8.11. The number of β-lactam (4-membered cyclic amide) rings is 1. The molecule has 2 aliphatic heterocycles. The highest BCUT2D eigenvalue weighted by Crippen LogP contribution is 2.50. The van der Waals surface area contributed by atoms with E-state index in [9.17, 15) is 19.5 Å². The van der Waals surface area contributed by atoms with Crippen molar-refractivity contribution in [1.82, 2.24) is 15.5 Å². The molecule has 38 heavy (non-hydrogen) atoms. The Hall–Kier alpha value is -3.62. The highest BCUT2D eigenvalue weighted by Gasteiger charge is 2.64. The molecule has 3 atom stereocenters. The van der Waals surface area contributed by atoms with Crippen LogP contribution in [0, 0.1) is 0 Å². The van der Waals surface area contributed by atoms with Crippen LogP contribution in [0.4, 0.5) is 0 Å². The zero-order chi connectivity index (χ0) is 27.1. The van der Waals surface area contributed by atoms with E-state index in [4.69, 9.17) is 0 Å². The van der Waals surface area contributed by atoms with E-state index in [1.54, 1.807) is 0 Å². The molecule has 3 aromatic carbocycles. The molecule has 2 aliphatic rings. The second-order valence-electron chi connectivity index (χ2n) is 9.88. The standard InChI is InChI=1S/C16H18N2O4S.C14H15N/c1-16(2)12(15(21)22)18-13(20)11(14(18)23-16)17-10(19)8-9-6-4-3-5-7-9;1-3-7-13(8-4-1)11-15-12-14-9-5-2-6-10-14/h3-7,11-12,14H,8H2,1-2H3,(H,17,19)(H,21,22);1-10,15H,11-12H2. The van der Waals surface area contributed by atoms with Gasteiger partial charge in [0, 0.05) is 17.8 Å². The van der Waals surface area contributed by atoms with Gasteiger partial charge < -0.3 is 20.6 Å². The van der Waals surface area contributed by atoms with Gasteiger partial charge in [-0.1, -0.05) is 91.0 Å². The smallest absolute Gasteiger partial charge is 0.327 e. The molecular formula is C30H33N3O4S. The molecule has 0 spiro atoms. The molecule has 3 N–H and O–H groups in total. The number of benzene rings is 3. The number of carboxylic acid groups (broad SMARTS) is 1. The van der Waals surface area contributed by atoms with Gasteiger partial charge in [-0.2, -0.15) is 0 Å². The molecule has 7 nitrogen and oxygen atoms in total. The van der Waals surface area contributed by atoms with Crippen LogP contribution in [0.25, 0.3) is 0 Å². The summed E-state index contributed by atoms with van der Waals surface area (Å²) in [6.07, 6.45) is 0.202. The lowest BCUT2D eigenvalue weighted by Gasteiger charge is -2.43. The third-order valence-electron chi connectivity index (χ3n) is 6.54. The highest BCUT2D eigenvalue weighted by molar-refractivity contribution is 8.01. The van der Waals surface area contributed by atoms with Gasteiger partial charge in [0.15, 0.2) is 0 Å². The first-order valence-corrected chi connectivity index (χ1v) is 13.5.